The number of anilines is 2. The fourth-order valence-electron chi connectivity index (χ4n) is 2.25. The van der Waals surface area contributed by atoms with Gasteiger partial charge in [0.1, 0.15) is 11.4 Å². The normalized spacial score (nSPS) is 13.5. The summed E-state index contributed by atoms with van der Waals surface area (Å²) in [5, 5.41) is 23.0. The molecule has 0 fully saturated rings. The molecule has 0 aliphatic heterocycles. The van der Waals surface area contributed by atoms with Crippen LogP contribution in [0.5, 0.6) is 5.75 Å². The summed E-state index contributed by atoms with van der Waals surface area (Å²) in [6.45, 7) is 3.08. The molecule has 2 aromatic carbocycles. The number of hydrogen-bond acceptors (Lipinski definition) is 5. The number of alkyl halides is 3. The number of carboxylic acids is 1. The molecule has 0 amide bonds. The van der Waals surface area contributed by atoms with Gasteiger partial charge in [0, 0.05) is 11.8 Å². The van der Waals surface area contributed by atoms with Crippen molar-refractivity contribution in [2.75, 3.05) is 5.32 Å². The van der Waals surface area contributed by atoms with Crippen molar-refractivity contribution in [3.05, 3.63) is 58.1 Å². The number of halogens is 3. The van der Waals surface area contributed by atoms with Gasteiger partial charge < -0.3 is 15.2 Å². The SMILES string of the molecule is CCC(C)(Oc1ccc(Nc2ccc(C(F)(F)F)cc2[N+](=O)[O-])cc1)C(=O)O. The lowest BCUT2D eigenvalue weighted by atomic mass is 10.0. The topological polar surface area (TPSA) is 102 Å². The van der Waals surface area contributed by atoms with Gasteiger partial charge in [0.2, 0.25) is 5.60 Å². The molecule has 0 spiro atoms. The van der Waals surface area contributed by atoms with Crippen LogP contribution in [0, 0.1) is 10.1 Å². The van der Waals surface area contributed by atoms with Gasteiger partial charge in [-0.2, -0.15) is 13.2 Å². The summed E-state index contributed by atoms with van der Waals surface area (Å²) >= 11 is 0. The predicted octanol–water partition coefficient (Wildman–Crippen LogP) is 4.99. The third-order valence-electron chi connectivity index (χ3n) is 4.13. The minimum atomic E-state index is -4.70. The maximum absolute atomic E-state index is 12.8. The highest BCUT2D eigenvalue weighted by molar-refractivity contribution is 5.77. The Morgan fingerprint density at radius 3 is 2.29 bits per heavy atom. The van der Waals surface area contributed by atoms with Crippen LogP contribution in [0.15, 0.2) is 42.5 Å². The zero-order valence-corrected chi connectivity index (χ0v) is 14.9. The molecule has 0 heterocycles. The second-order valence-electron chi connectivity index (χ2n) is 6.13. The number of nitro groups is 1. The maximum Gasteiger partial charge on any atom is 0.416 e. The standard InChI is InChI=1S/C18H17F3N2O5/c1-3-17(2,16(24)25)28-13-7-5-12(6-8-13)22-14-9-4-11(18(19,20)21)10-15(14)23(26)27/h4-10,22H,3H2,1-2H3,(H,24,25). The van der Waals surface area contributed by atoms with E-state index < -0.39 is 33.9 Å². The van der Waals surface area contributed by atoms with E-state index >= 15 is 0 Å². The lowest BCUT2D eigenvalue weighted by molar-refractivity contribution is -0.384. The summed E-state index contributed by atoms with van der Waals surface area (Å²) in [6, 6.07) is 8.02. The van der Waals surface area contributed by atoms with E-state index in [0.717, 1.165) is 12.1 Å². The van der Waals surface area contributed by atoms with E-state index in [4.69, 9.17) is 4.74 Å². The minimum absolute atomic E-state index is 0.115. The van der Waals surface area contributed by atoms with Crippen molar-refractivity contribution in [1.82, 2.24) is 0 Å². The molecule has 28 heavy (non-hydrogen) atoms. The Hall–Kier alpha value is -3.30. The molecule has 0 aromatic heterocycles. The molecule has 10 heteroatoms. The third kappa shape index (κ3) is 4.70. The van der Waals surface area contributed by atoms with Crippen LogP contribution in [-0.4, -0.2) is 21.6 Å². The first kappa shape index (κ1) is 21.0. The van der Waals surface area contributed by atoms with Crippen molar-refractivity contribution < 1.29 is 32.7 Å². The van der Waals surface area contributed by atoms with E-state index in [1.807, 2.05) is 0 Å². The lowest BCUT2D eigenvalue weighted by Gasteiger charge is -2.24. The van der Waals surface area contributed by atoms with Crippen molar-refractivity contribution >= 4 is 23.0 Å². The van der Waals surface area contributed by atoms with E-state index in [1.165, 1.54) is 31.2 Å². The van der Waals surface area contributed by atoms with E-state index in [9.17, 15) is 33.2 Å². The molecule has 2 rings (SSSR count). The molecule has 1 unspecified atom stereocenters. The van der Waals surface area contributed by atoms with Crippen molar-refractivity contribution in [2.24, 2.45) is 0 Å². The van der Waals surface area contributed by atoms with Gasteiger partial charge in [-0.05, 0) is 49.7 Å². The van der Waals surface area contributed by atoms with Crippen molar-refractivity contribution in [3.63, 3.8) is 0 Å². The van der Waals surface area contributed by atoms with Gasteiger partial charge in [-0.1, -0.05) is 6.92 Å². The second kappa shape index (κ2) is 7.75. The molecule has 7 nitrogen and oxygen atoms in total. The highest BCUT2D eigenvalue weighted by Gasteiger charge is 2.34. The van der Waals surface area contributed by atoms with Crippen LogP contribution < -0.4 is 10.1 Å². The van der Waals surface area contributed by atoms with Gasteiger partial charge in [-0.15, -0.1) is 0 Å². The minimum Gasteiger partial charge on any atom is -0.478 e. The van der Waals surface area contributed by atoms with Gasteiger partial charge in [0.25, 0.3) is 5.69 Å². The van der Waals surface area contributed by atoms with Crippen LogP contribution in [0.2, 0.25) is 0 Å². The van der Waals surface area contributed by atoms with Crippen molar-refractivity contribution in [2.45, 2.75) is 32.0 Å². The summed E-state index contributed by atoms with van der Waals surface area (Å²) in [5.74, 6) is -0.864. The van der Waals surface area contributed by atoms with E-state index in [-0.39, 0.29) is 17.9 Å². The Morgan fingerprint density at radius 1 is 1.21 bits per heavy atom. The van der Waals surface area contributed by atoms with Crippen LogP contribution in [0.1, 0.15) is 25.8 Å². The number of ether oxygens (including phenoxy) is 1. The average molecular weight is 398 g/mol. The Balaban J connectivity index is 2.25. The zero-order chi connectivity index (χ0) is 21.1. The summed E-state index contributed by atoms with van der Waals surface area (Å²) < 4.78 is 43.7. The smallest absolute Gasteiger partial charge is 0.416 e. The number of aliphatic carboxylic acids is 1. The van der Waals surface area contributed by atoms with E-state index in [2.05, 4.69) is 5.32 Å². The Morgan fingerprint density at radius 2 is 1.82 bits per heavy atom. The Labute approximate surface area is 157 Å². The largest absolute Gasteiger partial charge is 0.478 e. The summed E-state index contributed by atoms with van der Waals surface area (Å²) in [7, 11) is 0. The number of nitrogens with zero attached hydrogens (tertiary/aromatic N) is 1. The fraction of sp³-hybridized carbons (Fsp3) is 0.278. The number of nitrogens with one attached hydrogen (secondary N) is 1. The molecule has 0 aliphatic rings. The number of carbonyl (C=O) groups is 1. The van der Waals surface area contributed by atoms with Gasteiger partial charge in [0.15, 0.2) is 0 Å². The molecular formula is C18H17F3N2O5. The van der Waals surface area contributed by atoms with Crippen LogP contribution in [-0.2, 0) is 11.0 Å². The highest BCUT2D eigenvalue weighted by atomic mass is 19.4. The zero-order valence-electron chi connectivity index (χ0n) is 14.9. The fourth-order valence-corrected chi connectivity index (χ4v) is 2.25. The number of benzene rings is 2. The third-order valence-corrected chi connectivity index (χ3v) is 4.13. The molecule has 1 atom stereocenters. The summed E-state index contributed by atoms with van der Waals surface area (Å²) in [6.07, 6.45) is -4.47. The van der Waals surface area contributed by atoms with Crippen LogP contribution in [0.25, 0.3) is 0 Å². The molecule has 0 radical (unpaired) electrons. The second-order valence-corrected chi connectivity index (χ2v) is 6.13. The Bertz CT molecular complexity index is 884. The van der Waals surface area contributed by atoms with Crippen LogP contribution in [0.3, 0.4) is 0 Å². The van der Waals surface area contributed by atoms with E-state index in [0.29, 0.717) is 11.8 Å². The molecule has 0 saturated carbocycles. The number of rotatable bonds is 7. The summed E-state index contributed by atoms with van der Waals surface area (Å²) in [4.78, 5) is 21.5. The van der Waals surface area contributed by atoms with Crippen LogP contribution >= 0.6 is 0 Å². The average Bonchev–Trinajstić information content (AvgIpc) is 2.62. The summed E-state index contributed by atoms with van der Waals surface area (Å²) in [5.41, 5.74) is -3.03. The van der Waals surface area contributed by atoms with Gasteiger partial charge in [-0.3, -0.25) is 10.1 Å². The van der Waals surface area contributed by atoms with E-state index in [1.54, 1.807) is 6.92 Å². The first-order valence-corrected chi connectivity index (χ1v) is 8.11. The number of nitro benzene ring substituents is 1. The van der Waals surface area contributed by atoms with Crippen LogP contribution in [0.4, 0.5) is 30.2 Å². The molecule has 0 aliphatic carbocycles. The predicted molar refractivity (Wildman–Crippen MR) is 94.8 cm³/mol. The maximum atomic E-state index is 12.8. The monoisotopic (exact) mass is 398 g/mol. The van der Waals surface area contributed by atoms with Crippen molar-refractivity contribution in [3.8, 4) is 5.75 Å². The quantitative estimate of drug-likeness (QED) is 0.503. The molecule has 150 valence electrons. The Kier molecular flexibility index (Phi) is 5.81. The molecular weight excluding hydrogens is 381 g/mol. The lowest BCUT2D eigenvalue weighted by Crippen LogP contribution is -2.40. The number of carboxylic acid groups (broad SMARTS) is 1. The first-order chi connectivity index (χ1) is 13.0. The number of hydrogen-bond donors (Lipinski definition) is 2. The van der Waals surface area contributed by atoms with Gasteiger partial charge in [0.05, 0.1) is 10.5 Å². The van der Waals surface area contributed by atoms with Gasteiger partial charge in [-0.25, -0.2) is 4.79 Å². The highest BCUT2D eigenvalue weighted by Crippen LogP contribution is 2.36. The molecule has 2 aromatic rings. The molecule has 0 saturated heterocycles. The first-order valence-electron chi connectivity index (χ1n) is 8.11. The molecule has 0 bridgehead atoms. The van der Waals surface area contributed by atoms with Crippen molar-refractivity contribution in [1.29, 1.82) is 0 Å². The van der Waals surface area contributed by atoms with Gasteiger partial charge >= 0.3 is 12.1 Å². The molecule has 2 N–H and O–H groups in total.